The van der Waals surface area contributed by atoms with E-state index in [2.05, 4.69) is 16.3 Å². The van der Waals surface area contributed by atoms with E-state index in [1.54, 1.807) is 22.7 Å². The Morgan fingerprint density at radius 3 is 2.84 bits per heavy atom. The zero-order valence-corrected chi connectivity index (χ0v) is 10.9. The van der Waals surface area contributed by atoms with Gasteiger partial charge in [0, 0.05) is 16.8 Å². The van der Waals surface area contributed by atoms with Crippen LogP contribution in [-0.4, -0.2) is 14.6 Å². The lowest BCUT2D eigenvalue weighted by atomic mass is 10.1. The van der Waals surface area contributed by atoms with Crippen molar-refractivity contribution >= 4 is 17.2 Å². The van der Waals surface area contributed by atoms with Crippen LogP contribution in [0.4, 0.5) is 0 Å². The SMILES string of the molecule is Cc1c(Cl)cccc1-c1nnc2ccc(C#N)cn12. The summed E-state index contributed by atoms with van der Waals surface area (Å²) in [6.07, 6.45) is 1.73. The number of rotatable bonds is 1. The predicted octanol–water partition coefficient (Wildman–Crippen LogP) is 3.23. The Kier molecular flexibility index (Phi) is 2.69. The van der Waals surface area contributed by atoms with Gasteiger partial charge in [-0.2, -0.15) is 5.26 Å². The van der Waals surface area contributed by atoms with Crippen molar-refractivity contribution in [1.29, 1.82) is 5.26 Å². The maximum atomic E-state index is 8.97. The molecule has 0 fully saturated rings. The molecular weight excluding hydrogens is 260 g/mol. The van der Waals surface area contributed by atoms with E-state index < -0.39 is 0 Å². The van der Waals surface area contributed by atoms with Gasteiger partial charge < -0.3 is 0 Å². The fourth-order valence-corrected chi connectivity index (χ4v) is 2.16. The van der Waals surface area contributed by atoms with Gasteiger partial charge in [0.25, 0.3) is 0 Å². The van der Waals surface area contributed by atoms with Crippen molar-refractivity contribution < 1.29 is 0 Å². The Hall–Kier alpha value is -2.38. The summed E-state index contributed by atoms with van der Waals surface area (Å²) < 4.78 is 1.80. The standard InChI is InChI=1S/C14H9ClN4/c1-9-11(3-2-4-12(9)15)14-18-17-13-6-5-10(7-16)8-19(13)14/h2-6,8H,1H3. The number of nitriles is 1. The summed E-state index contributed by atoms with van der Waals surface area (Å²) in [5.74, 6) is 0.687. The molecule has 19 heavy (non-hydrogen) atoms. The third-order valence-electron chi connectivity index (χ3n) is 3.04. The minimum absolute atomic E-state index is 0.563. The zero-order valence-electron chi connectivity index (χ0n) is 10.1. The highest BCUT2D eigenvalue weighted by Crippen LogP contribution is 2.27. The van der Waals surface area contributed by atoms with Crippen molar-refractivity contribution in [3.63, 3.8) is 0 Å². The third-order valence-corrected chi connectivity index (χ3v) is 3.45. The second kappa shape index (κ2) is 4.38. The highest BCUT2D eigenvalue weighted by Gasteiger charge is 2.12. The Labute approximate surface area is 114 Å². The molecule has 0 radical (unpaired) electrons. The Morgan fingerprint density at radius 2 is 2.05 bits per heavy atom. The van der Waals surface area contributed by atoms with E-state index in [1.807, 2.05) is 25.1 Å². The van der Waals surface area contributed by atoms with Crippen LogP contribution in [0.25, 0.3) is 17.0 Å². The van der Waals surface area contributed by atoms with Crippen LogP contribution in [0.2, 0.25) is 5.02 Å². The molecule has 0 bridgehead atoms. The van der Waals surface area contributed by atoms with Crippen molar-refractivity contribution in [3.8, 4) is 17.5 Å². The summed E-state index contributed by atoms with van der Waals surface area (Å²) in [7, 11) is 0. The summed E-state index contributed by atoms with van der Waals surface area (Å²) >= 11 is 6.13. The average molecular weight is 269 g/mol. The van der Waals surface area contributed by atoms with Gasteiger partial charge in [-0.3, -0.25) is 4.40 Å². The van der Waals surface area contributed by atoms with E-state index in [0.29, 0.717) is 22.1 Å². The molecule has 0 amide bonds. The van der Waals surface area contributed by atoms with E-state index in [9.17, 15) is 0 Å². The quantitative estimate of drug-likeness (QED) is 0.681. The summed E-state index contributed by atoms with van der Waals surface area (Å²) in [6.45, 7) is 1.94. The Bertz CT molecular complexity index is 814. The monoisotopic (exact) mass is 268 g/mol. The number of hydrogen-bond acceptors (Lipinski definition) is 3. The molecule has 0 saturated heterocycles. The zero-order chi connectivity index (χ0) is 13.4. The second-order valence-electron chi connectivity index (χ2n) is 4.19. The first-order valence-corrected chi connectivity index (χ1v) is 6.09. The highest BCUT2D eigenvalue weighted by molar-refractivity contribution is 6.31. The van der Waals surface area contributed by atoms with E-state index in [1.165, 1.54) is 0 Å². The smallest absolute Gasteiger partial charge is 0.168 e. The number of nitrogens with zero attached hydrogens (tertiary/aromatic N) is 4. The van der Waals surface area contributed by atoms with Crippen LogP contribution in [0.15, 0.2) is 36.5 Å². The number of fused-ring (bicyclic) bond motifs is 1. The number of benzene rings is 1. The van der Waals surface area contributed by atoms with Crippen molar-refractivity contribution in [2.75, 3.05) is 0 Å². The maximum Gasteiger partial charge on any atom is 0.168 e. The van der Waals surface area contributed by atoms with Gasteiger partial charge in [-0.1, -0.05) is 23.7 Å². The molecule has 2 heterocycles. The summed E-state index contributed by atoms with van der Waals surface area (Å²) in [5.41, 5.74) is 3.12. The second-order valence-corrected chi connectivity index (χ2v) is 4.60. The number of pyridine rings is 1. The van der Waals surface area contributed by atoms with Crippen LogP contribution >= 0.6 is 11.6 Å². The molecule has 0 spiro atoms. The molecule has 1 aromatic carbocycles. The fourth-order valence-electron chi connectivity index (χ4n) is 1.99. The molecule has 0 unspecified atom stereocenters. The molecule has 4 nitrogen and oxygen atoms in total. The molecule has 0 N–H and O–H groups in total. The number of hydrogen-bond donors (Lipinski definition) is 0. The van der Waals surface area contributed by atoms with Gasteiger partial charge >= 0.3 is 0 Å². The molecule has 0 aliphatic rings. The van der Waals surface area contributed by atoms with E-state index >= 15 is 0 Å². The van der Waals surface area contributed by atoms with Gasteiger partial charge in [-0.05, 0) is 30.7 Å². The minimum atomic E-state index is 0.563. The largest absolute Gasteiger partial charge is 0.281 e. The molecule has 3 aromatic rings. The van der Waals surface area contributed by atoms with Gasteiger partial charge in [0.2, 0.25) is 0 Å². The molecule has 0 atom stereocenters. The normalized spacial score (nSPS) is 10.6. The molecule has 0 aliphatic carbocycles. The Morgan fingerprint density at radius 1 is 1.21 bits per heavy atom. The van der Waals surface area contributed by atoms with E-state index in [0.717, 1.165) is 11.1 Å². The van der Waals surface area contributed by atoms with Crippen LogP contribution in [0.1, 0.15) is 11.1 Å². The van der Waals surface area contributed by atoms with E-state index in [4.69, 9.17) is 16.9 Å². The first-order chi connectivity index (χ1) is 9.20. The predicted molar refractivity (Wildman–Crippen MR) is 72.9 cm³/mol. The first-order valence-electron chi connectivity index (χ1n) is 5.71. The van der Waals surface area contributed by atoms with Crippen LogP contribution in [0, 0.1) is 18.3 Å². The van der Waals surface area contributed by atoms with Gasteiger partial charge in [0.15, 0.2) is 11.5 Å². The minimum Gasteiger partial charge on any atom is -0.281 e. The first kappa shape index (κ1) is 11.7. The molecule has 0 aliphatic heterocycles. The molecule has 5 heteroatoms. The van der Waals surface area contributed by atoms with Gasteiger partial charge in [-0.25, -0.2) is 0 Å². The summed E-state index contributed by atoms with van der Waals surface area (Å²) in [4.78, 5) is 0. The topological polar surface area (TPSA) is 54.0 Å². The Balaban J connectivity index is 2.31. The van der Waals surface area contributed by atoms with Gasteiger partial charge in [-0.15, -0.1) is 10.2 Å². The van der Waals surface area contributed by atoms with Crippen molar-refractivity contribution in [2.45, 2.75) is 6.92 Å². The number of halogens is 1. The van der Waals surface area contributed by atoms with Gasteiger partial charge in [0.05, 0.1) is 5.56 Å². The van der Waals surface area contributed by atoms with Crippen LogP contribution in [0.3, 0.4) is 0 Å². The lowest BCUT2D eigenvalue weighted by Crippen LogP contribution is -1.93. The number of aromatic nitrogens is 3. The maximum absolute atomic E-state index is 8.97. The highest BCUT2D eigenvalue weighted by atomic mass is 35.5. The van der Waals surface area contributed by atoms with Crippen molar-refractivity contribution in [1.82, 2.24) is 14.6 Å². The fraction of sp³-hybridized carbons (Fsp3) is 0.0714. The molecular formula is C14H9ClN4. The molecule has 2 aromatic heterocycles. The summed E-state index contributed by atoms with van der Waals surface area (Å²) in [6, 6.07) is 11.3. The third kappa shape index (κ3) is 1.85. The van der Waals surface area contributed by atoms with Crippen LogP contribution in [-0.2, 0) is 0 Å². The molecule has 92 valence electrons. The van der Waals surface area contributed by atoms with Crippen LogP contribution < -0.4 is 0 Å². The van der Waals surface area contributed by atoms with Crippen molar-refractivity contribution in [3.05, 3.63) is 52.7 Å². The molecule has 0 saturated carbocycles. The summed E-state index contributed by atoms with van der Waals surface area (Å²) in [5, 5.41) is 17.9. The average Bonchev–Trinajstić information content (AvgIpc) is 2.84. The lowest BCUT2D eigenvalue weighted by Gasteiger charge is -2.05. The van der Waals surface area contributed by atoms with Crippen molar-refractivity contribution in [2.24, 2.45) is 0 Å². The van der Waals surface area contributed by atoms with Crippen LogP contribution in [0.5, 0.6) is 0 Å². The van der Waals surface area contributed by atoms with Gasteiger partial charge in [0.1, 0.15) is 6.07 Å². The lowest BCUT2D eigenvalue weighted by molar-refractivity contribution is 1.11. The van der Waals surface area contributed by atoms with E-state index in [-0.39, 0.29) is 0 Å². The molecule has 3 rings (SSSR count).